The number of aliphatic imine (C=N–C) groups is 1. The molecule has 0 aromatic heterocycles. The summed E-state index contributed by atoms with van der Waals surface area (Å²) in [6.45, 7) is 3.91. The van der Waals surface area contributed by atoms with Crippen molar-refractivity contribution in [3.63, 3.8) is 0 Å². The molecule has 0 amide bonds. The van der Waals surface area contributed by atoms with Crippen LogP contribution in [0.5, 0.6) is 11.5 Å². The summed E-state index contributed by atoms with van der Waals surface area (Å²) in [5.74, 6) is 1.77. The van der Waals surface area contributed by atoms with Crippen LogP contribution in [-0.2, 0) is 13.1 Å². The molecule has 0 bridgehead atoms. The molecule has 166 valence electrons. The molecule has 0 aliphatic carbocycles. The molecule has 0 saturated carbocycles. The van der Waals surface area contributed by atoms with Gasteiger partial charge >= 0.3 is 0 Å². The Hall–Kier alpha value is -3.22. The lowest BCUT2D eigenvalue weighted by atomic mass is 10.1. The summed E-state index contributed by atoms with van der Waals surface area (Å²) in [5.41, 5.74) is 14.2. The second-order valence-corrected chi connectivity index (χ2v) is 8.26. The molecule has 0 saturated heterocycles. The van der Waals surface area contributed by atoms with Crippen LogP contribution in [0.4, 0.5) is 5.69 Å². The molecule has 4 rings (SSSR count). The highest BCUT2D eigenvalue weighted by Crippen LogP contribution is 2.39. The van der Waals surface area contributed by atoms with E-state index in [9.17, 15) is 0 Å². The summed E-state index contributed by atoms with van der Waals surface area (Å²) in [6, 6.07) is 24.1. The Labute approximate surface area is 193 Å². The summed E-state index contributed by atoms with van der Waals surface area (Å²) in [6.07, 6.45) is 0. The molecule has 0 radical (unpaired) electrons. The van der Waals surface area contributed by atoms with E-state index in [1.54, 1.807) is 0 Å². The van der Waals surface area contributed by atoms with Crippen molar-refractivity contribution in [2.24, 2.45) is 16.5 Å². The zero-order valence-electron chi connectivity index (χ0n) is 17.9. The molecule has 1 atom stereocenters. The summed E-state index contributed by atoms with van der Waals surface area (Å²) >= 11 is 6.54. The number of halogens is 1. The molecule has 3 aromatic carbocycles. The Morgan fingerprint density at radius 1 is 0.969 bits per heavy atom. The fourth-order valence-corrected chi connectivity index (χ4v) is 4.33. The van der Waals surface area contributed by atoms with Crippen LogP contribution in [-0.4, -0.2) is 32.3 Å². The van der Waals surface area contributed by atoms with Gasteiger partial charge in [0.2, 0.25) is 0 Å². The molecule has 1 aliphatic heterocycles. The summed E-state index contributed by atoms with van der Waals surface area (Å²) in [5, 5.41) is 0.775. The number of hydrogen-bond acceptors (Lipinski definition) is 3. The average molecular weight is 452 g/mol. The van der Waals surface area contributed by atoms with Gasteiger partial charge < -0.3 is 20.9 Å². The SMILES string of the molecule is NC(N)=NCc1ccccc1OCC[N+]1(Cc2ccccc2Cl)CCOc2ccccc21. The van der Waals surface area contributed by atoms with E-state index in [4.69, 9.17) is 32.5 Å². The van der Waals surface area contributed by atoms with Crippen LogP contribution >= 0.6 is 11.6 Å². The smallest absolute Gasteiger partial charge is 0.186 e. The van der Waals surface area contributed by atoms with Gasteiger partial charge in [0.25, 0.3) is 0 Å². The lowest BCUT2D eigenvalue weighted by Gasteiger charge is -2.41. The Kier molecular flexibility index (Phi) is 6.83. The number of fused-ring (bicyclic) bond motifs is 1. The van der Waals surface area contributed by atoms with Crippen molar-refractivity contribution in [3.8, 4) is 11.5 Å². The molecule has 7 heteroatoms. The highest BCUT2D eigenvalue weighted by molar-refractivity contribution is 6.31. The number of quaternary nitrogens is 1. The topological polar surface area (TPSA) is 82.9 Å². The van der Waals surface area contributed by atoms with Crippen LogP contribution in [0.1, 0.15) is 11.1 Å². The third kappa shape index (κ3) is 4.98. The number of para-hydroxylation sites is 3. The van der Waals surface area contributed by atoms with Crippen molar-refractivity contribution in [1.82, 2.24) is 4.48 Å². The Morgan fingerprint density at radius 2 is 1.69 bits per heavy atom. The van der Waals surface area contributed by atoms with Crippen LogP contribution in [0.15, 0.2) is 77.8 Å². The number of nitrogens with two attached hydrogens (primary N) is 2. The summed E-state index contributed by atoms with van der Waals surface area (Å²) in [7, 11) is 0. The van der Waals surface area contributed by atoms with E-state index in [1.165, 1.54) is 0 Å². The van der Waals surface area contributed by atoms with Gasteiger partial charge in [-0.2, -0.15) is 0 Å². The monoisotopic (exact) mass is 451 g/mol. The van der Waals surface area contributed by atoms with Crippen LogP contribution in [0, 0.1) is 0 Å². The molecule has 1 unspecified atom stereocenters. The van der Waals surface area contributed by atoms with Gasteiger partial charge in [0.15, 0.2) is 17.4 Å². The minimum Gasteiger partial charge on any atom is -0.487 e. The van der Waals surface area contributed by atoms with E-state index >= 15 is 0 Å². The summed E-state index contributed by atoms with van der Waals surface area (Å²) < 4.78 is 12.9. The van der Waals surface area contributed by atoms with Crippen LogP contribution in [0.3, 0.4) is 0 Å². The van der Waals surface area contributed by atoms with Gasteiger partial charge in [-0.15, -0.1) is 0 Å². The van der Waals surface area contributed by atoms with Gasteiger partial charge in [0.05, 0.1) is 6.54 Å². The molecule has 3 aromatic rings. The molecule has 1 aliphatic rings. The number of benzene rings is 3. The van der Waals surface area contributed by atoms with E-state index in [0.29, 0.717) is 24.2 Å². The fourth-order valence-electron chi connectivity index (χ4n) is 4.13. The number of ether oxygens (including phenoxy) is 2. The number of hydrogen-bond donors (Lipinski definition) is 2. The van der Waals surface area contributed by atoms with Crippen molar-refractivity contribution in [1.29, 1.82) is 0 Å². The van der Waals surface area contributed by atoms with E-state index in [1.807, 2.05) is 54.6 Å². The standard InChI is InChI=1S/C25H28ClN4O2/c26-21-9-3-1-8-20(21)18-30(14-16-32-24-12-6-4-10-22(24)30)13-15-31-23-11-5-2-7-19(23)17-29-25(27)28/h1-12H,13-18H2,(H4,27,28,29)/q+1. The van der Waals surface area contributed by atoms with Gasteiger partial charge in [-0.05, 0) is 18.2 Å². The number of rotatable bonds is 8. The Balaban J connectivity index is 1.58. The number of guanidine groups is 1. The molecule has 0 spiro atoms. The quantitative estimate of drug-likeness (QED) is 0.307. The minimum absolute atomic E-state index is 0.0639. The van der Waals surface area contributed by atoms with Crippen molar-refractivity contribution in [3.05, 3.63) is 88.9 Å². The Morgan fingerprint density at radius 3 is 2.50 bits per heavy atom. The van der Waals surface area contributed by atoms with Crippen molar-refractivity contribution in [2.75, 3.05) is 26.3 Å². The summed E-state index contributed by atoms with van der Waals surface area (Å²) in [4.78, 5) is 4.12. The van der Waals surface area contributed by atoms with E-state index in [0.717, 1.165) is 53.0 Å². The predicted octanol–water partition coefficient (Wildman–Crippen LogP) is 4.09. The third-order valence-corrected chi connectivity index (χ3v) is 6.13. The van der Waals surface area contributed by atoms with E-state index in [2.05, 4.69) is 23.2 Å². The maximum Gasteiger partial charge on any atom is 0.186 e. The van der Waals surface area contributed by atoms with Crippen LogP contribution in [0.25, 0.3) is 0 Å². The zero-order chi connectivity index (χ0) is 22.4. The molecule has 0 fully saturated rings. The zero-order valence-corrected chi connectivity index (χ0v) is 18.7. The lowest BCUT2D eigenvalue weighted by Crippen LogP contribution is -2.55. The fraction of sp³-hybridized carbons (Fsp3) is 0.240. The molecule has 6 nitrogen and oxygen atoms in total. The van der Waals surface area contributed by atoms with Crippen LogP contribution in [0.2, 0.25) is 5.02 Å². The van der Waals surface area contributed by atoms with Gasteiger partial charge in [-0.3, -0.25) is 4.48 Å². The minimum atomic E-state index is 0.0639. The van der Waals surface area contributed by atoms with Crippen molar-refractivity contribution < 1.29 is 9.47 Å². The van der Waals surface area contributed by atoms with E-state index < -0.39 is 0 Å². The predicted molar refractivity (Wildman–Crippen MR) is 130 cm³/mol. The van der Waals surface area contributed by atoms with Crippen molar-refractivity contribution >= 4 is 23.2 Å². The highest BCUT2D eigenvalue weighted by Gasteiger charge is 2.37. The normalized spacial score (nSPS) is 17.2. The van der Waals surface area contributed by atoms with Crippen LogP contribution < -0.4 is 25.4 Å². The highest BCUT2D eigenvalue weighted by atomic mass is 35.5. The van der Waals surface area contributed by atoms with Crippen molar-refractivity contribution in [2.45, 2.75) is 13.1 Å². The molecule has 4 N–H and O–H groups in total. The largest absolute Gasteiger partial charge is 0.487 e. The number of nitrogens with zero attached hydrogens (tertiary/aromatic N) is 2. The van der Waals surface area contributed by atoms with Gasteiger partial charge in [0, 0.05) is 22.2 Å². The maximum absolute atomic E-state index is 6.54. The third-order valence-electron chi connectivity index (χ3n) is 5.77. The van der Waals surface area contributed by atoms with Gasteiger partial charge in [0.1, 0.15) is 38.6 Å². The molecule has 1 heterocycles. The first-order valence-electron chi connectivity index (χ1n) is 10.7. The molecular weight excluding hydrogens is 424 g/mol. The Bertz CT molecular complexity index is 1100. The first-order chi connectivity index (χ1) is 15.6. The van der Waals surface area contributed by atoms with Gasteiger partial charge in [-0.1, -0.05) is 60.1 Å². The molecule has 32 heavy (non-hydrogen) atoms. The first-order valence-corrected chi connectivity index (χ1v) is 11.0. The first kappa shape index (κ1) is 22.0. The second-order valence-electron chi connectivity index (χ2n) is 7.86. The van der Waals surface area contributed by atoms with Gasteiger partial charge in [-0.25, -0.2) is 4.99 Å². The second kappa shape index (κ2) is 9.94. The maximum atomic E-state index is 6.54. The van der Waals surface area contributed by atoms with E-state index in [-0.39, 0.29) is 5.96 Å². The lowest BCUT2D eigenvalue weighted by molar-refractivity contribution is 0.145. The average Bonchev–Trinajstić information content (AvgIpc) is 2.80. The molecular formula is C25H28ClN4O2+.